The van der Waals surface area contributed by atoms with Crippen molar-refractivity contribution in [3.05, 3.63) is 30.1 Å². The molecule has 0 unspecified atom stereocenters. The van der Waals surface area contributed by atoms with Crippen LogP contribution in [0.5, 0.6) is 0 Å². The standard InChI is InChI=1S/C18H20F3N7O2/c1-27-15(16(22)29)10-23-17(27)26-25-13-6-5-12(28-7-3-2-4-8-28)9-14(13)24-11-30-18(19,20)21/h5-6,9-11H,2-4,7-8H2,1H3,(H2,22,29)/b24-11+,26-25?. The topological polar surface area (TPSA) is 110 Å². The van der Waals surface area contributed by atoms with Gasteiger partial charge in [0.25, 0.3) is 5.91 Å². The van der Waals surface area contributed by atoms with Crippen LogP contribution >= 0.6 is 0 Å². The molecule has 1 aliphatic heterocycles. The lowest BCUT2D eigenvalue weighted by atomic mass is 10.1. The summed E-state index contributed by atoms with van der Waals surface area (Å²) in [6.07, 6.45) is -0.0398. The van der Waals surface area contributed by atoms with E-state index in [0.29, 0.717) is 6.40 Å². The Morgan fingerprint density at radius 1 is 1.20 bits per heavy atom. The van der Waals surface area contributed by atoms with Crippen LogP contribution in [0, 0.1) is 0 Å². The largest absolute Gasteiger partial charge is 0.573 e. The molecule has 0 atom stereocenters. The van der Waals surface area contributed by atoms with Gasteiger partial charge >= 0.3 is 6.36 Å². The summed E-state index contributed by atoms with van der Waals surface area (Å²) in [5.74, 6) is -0.572. The fraction of sp³-hybridized carbons (Fsp3) is 0.389. The second-order valence-electron chi connectivity index (χ2n) is 6.59. The number of anilines is 1. The van der Waals surface area contributed by atoms with Crippen molar-refractivity contribution in [3.63, 3.8) is 0 Å². The average Bonchev–Trinajstić information content (AvgIpc) is 3.07. The zero-order valence-corrected chi connectivity index (χ0v) is 16.1. The van der Waals surface area contributed by atoms with E-state index in [1.54, 1.807) is 18.2 Å². The van der Waals surface area contributed by atoms with Gasteiger partial charge in [0, 0.05) is 25.8 Å². The maximum absolute atomic E-state index is 12.3. The van der Waals surface area contributed by atoms with Crippen molar-refractivity contribution in [3.8, 4) is 0 Å². The molecule has 9 nitrogen and oxygen atoms in total. The van der Waals surface area contributed by atoms with Crippen LogP contribution in [0.4, 0.5) is 36.2 Å². The number of halogens is 3. The van der Waals surface area contributed by atoms with Gasteiger partial charge in [0.1, 0.15) is 11.4 Å². The fourth-order valence-electron chi connectivity index (χ4n) is 3.01. The van der Waals surface area contributed by atoms with Crippen molar-refractivity contribution in [1.29, 1.82) is 0 Å². The summed E-state index contributed by atoms with van der Waals surface area (Å²) in [5.41, 5.74) is 6.55. The molecule has 0 spiro atoms. The van der Waals surface area contributed by atoms with Crippen LogP contribution < -0.4 is 10.6 Å². The molecule has 30 heavy (non-hydrogen) atoms. The van der Waals surface area contributed by atoms with Crippen LogP contribution in [0.15, 0.2) is 39.6 Å². The number of carbonyl (C=O) groups is 1. The van der Waals surface area contributed by atoms with Crippen LogP contribution in [-0.4, -0.2) is 41.3 Å². The predicted molar refractivity (Wildman–Crippen MR) is 104 cm³/mol. The summed E-state index contributed by atoms with van der Waals surface area (Å²) in [6, 6.07) is 5.03. The smallest absolute Gasteiger partial charge is 0.395 e. The van der Waals surface area contributed by atoms with E-state index >= 15 is 0 Å². The van der Waals surface area contributed by atoms with E-state index in [9.17, 15) is 18.0 Å². The third kappa shape index (κ3) is 5.33. The highest BCUT2D eigenvalue weighted by Gasteiger charge is 2.29. The third-order valence-corrected chi connectivity index (χ3v) is 4.52. The number of hydrogen-bond donors (Lipinski definition) is 1. The highest BCUT2D eigenvalue weighted by Crippen LogP contribution is 2.34. The van der Waals surface area contributed by atoms with Gasteiger partial charge in [-0.3, -0.25) is 4.79 Å². The first-order valence-electron chi connectivity index (χ1n) is 9.14. The second kappa shape index (κ2) is 8.93. The zero-order valence-electron chi connectivity index (χ0n) is 16.1. The highest BCUT2D eigenvalue weighted by atomic mass is 19.4. The van der Waals surface area contributed by atoms with E-state index in [0.717, 1.165) is 38.0 Å². The Bertz CT molecular complexity index is 963. The minimum absolute atomic E-state index is 0.102. The Hall–Kier alpha value is -3.44. The van der Waals surface area contributed by atoms with E-state index in [1.165, 1.54) is 17.8 Å². The number of aromatic nitrogens is 2. The second-order valence-corrected chi connectivity index (χ2v) is 6.59. The molecule has 12 heteroatoms. The SMILES string of the molecule is Cn1c(C(N)=O)cnc1N=Nc1ccc(N2CCCCC2)cc1/N=C/OC(F)(F)F. The van der Waals surface area contributed by atoms with Crippen molar-refractivity contribution in [1.82, 2.24) is 9.55 Å². The molecule has 1 aromatic carbocycles. The molecule has 0 bridgehead atoms. The molecule has 1 saturated heterocycles. The van der Waals surface area contributed by atoms with Crippen LogP contribution in [0.25, 0.3) is 0 Å². The Morgan fingerprint density at radius 3 is 2.57 bits per heavy atom. The van der Waals surface area contributed by atoms with Gasteiger partial charge in [-0.15, -0.1) is 23.4 Å². The number of rotatable bonds is 6. The Kier molecular flexibility index (Phi) is 6.33. The molecule has 1 aromatic heterocycles. The zero-order chi connectivity index (χ0) is 21.7. The van der Waals surface area contributed by atoms with Gasteiger partial charge in [-0.1, -0.05) is 0 Å². The van der Waals surface area contributed by atoms with Crippen molar-refractivity contribution < 1.29 is 22.7 Å². The van der Waals surface area contributed by atoms with Crippen molar-refractivity contribution in [2.45, 2.75) is 25.6 Å². The van der Waals surface area contributed by atoms with E-state index in [2.05, 4.69) is 29.8 Å². The maximum Gasteiger partial charge on any atom is 0.573 e. The first kappa shape index (κ1) is 21.3. The quantitative estimate of drug-likeness (QED) is 0.428. The number of ether oxygens (including phenoxy) is 1. The van der Waals surface area contributed by atoms with E-state index in [-0.39, 0.29) is 23.0 Å². The molecule has 0 saturated carbocycles. The Balaban J connectivity index is 1.90. The molecule has 3 rings (SSSR count). The lowest BCUT2D eigenvalue weighted by Gasteiger charge is -2.29. The summed E-state index contributed by atoms with van der Waals surface area (Å²) in [7, 11) is 1.54. The molecule has 1 aliphatic rings. The van der Waals surface area contributed by atoms with Gasteiger partial charge in [0.05, 0.1) is 11.9 Å². The summed E-state index contributed by atoms with van der Waals surface area (Å²) >= 11 is 0. The predicted octanol–water partition coefficient (Wildman–Crippen LogP) is 4.12. The lowest BCUT2D eigenvalue weighted by Crippen LogP contribution is -2.29. The number of benzene rings is 1. The molecular formula is C18H20F3N7O2. The monoisotopic (exact) mass is 423 g/mol. The van der Waals surface area contributed by atoms with Crippen LogP contribution in [-0.2, 0) is 11.8 Å². The number of nitrogens with zero attached hydrogens (tertiary/aromatic N) is 6. The van der Waals surface area contributed by atoms with E-state index in [4.69, 9.17) is 5.73 Å². The van der Waals surface area contributed by atoms with Crippen LogP contribution in [0.2, 0.25) is 0 Å². The molecule has 2 aromatic rings. The van der Waals surface area contributed by atoms with Gasteiger partial charge in [-0.05, 0) is 37.5 Å². The molecule has 2 N–H and O–H groups in total. The molecule has 0 radical (unpaired) electrons. The number of carbonyl (C=O) groups excluding carboxylic acids is 1. The Labute approximate surface area is 170 Å². The molecular weight excluding hydrogens is 403 g/mol. The van der Waals surface area contributed by atoms with Gasteiger partial charge < -0.3 is 19.9 Å². The van der Waals surface area contributed by atoms with Gasteiger partial charge in [-0.2, -0.15) is 0 Å². The van der Waals surface area contributed by atoms with E-state index < -0.39 is 12.3 Å². The summed E-state index contributed by atoms with van der Waals surface area (Å²) in [4.78, 5) is 21.2. The minimum atomic E-state index is -4.84. The van der Waals surface area contributed by atoms with Crippen LogP contribution in [0.1, 0.15) is 29.8 Å². The van der Waals surface area contributed by atoms with Crippen LogP contribution in [0.3, 0.4) is 0 Å². The number of alkyl halides is 3. The molecule has 2 heterocycles. The van der Waals surface area contributed by atoms with Crippen molar-refractivity contribution in [2.75, 3.05) is 18.0 Å². The number of imidazole rings is 1. The molecule has 1 amide bonds. The first-order valence-corrected chi connectivity index (χ1v) is 9.14. The summed E-state index contributed by atoms with van der Waals surface area (Å²) < 4.78 is 41.9. The average molecular weight is 423 g/mol. The number of hydrogen-bond acceptors (Lipinski definition) is 7. The number of primary amides is 1. The fourth-order valence-corrected chi connectivity index (χ4v) is 3.01. The number of azo groups is 1. The number of amides is 1. The summed E-state index contributed by atoms with van der Waals surface area (Å²) in [6.45, 7) is 1.71. The highest BCUT2D eigenvalue weighted by molar-refractivity contribution is 5.91. The van der Waals surface area contributed by atoms with Gasteiger partial charge in [0.2, 0.25) is 5.95 Å². The van der Waals surface area contributed by atoms with Crippen molar-refractivity contribution in [2.24, 2.45) is 28.0 Å². The lowest BCUT2D eigenvalue weighted by molar-refractivity contribution is -0.280. The number of aliphatic imine (C=N–C) groups is 1. The first-order chi connectivity index (χ1) is 14.2. The summed E-state index contributed by atoms with van der Waals surface area (Å²) in [5, 5.41) is 7.99. The number of piperidine rings is 1. The normalized spacial score (nSPS) is 15.3. The van der Waals surface area contributed by atoms with E-state index in [1.807, 2.05) is 0 Å². The minimum Gasteiger partial charge on any atom is -0.395 e. The Morgan fingerprint density at radius 2 is 1.93 bits per heavy atom. The molecule has 0 aliphatic carbocycles. The maximum atomic E-state index is 12.3. The number of nitrogens with two attached hydrogens (primary N) is 1. The van der Waals surface area contributed by atoms with Gasteiger partial charge in [-0.25, -0.2) is 9.98 Å². The van der Waals surface area contributed by atoms with Gasteiger partial charge in [0.15, 0.2) is 6.40 Å². The van der Waals surface area contributed by atoms with Crippen molar-refractivity contribution >= 4 is 35.3 Å². The third-order valence-electron chi connectivity index (χ3n) is 4.52. The molecule has 160 valence electrons. The molecule has 1 fully saturated rings.